The van der Waals surface area contributed by atoms with Gasteiger partial charge in [0.2, 0.25) is 5.89 Å². The van der Waals surface area contributed by atoms with Crippen molar-refractivity contribution < 1.29 is 9.32 Å². The first-order valence-corrected chi connectivity index (χ1v) is 9.05. The SMILES string of the molecule is Cc1nc([C@H]2CCCN(C(=O)Nc3c(-c4ccccc4)cnn3C)C2)no1. The Bertz CT molecular complexity index is 933. The third kappa shape index (κ3) is 3.55. The van der Waals surface area contributed by atoms with Gasteiger partial charge in [0.1, 0.15) is 5.82 Å². The lowest BCUT2D eigenvalue weighted by atomic mass is 9.98. The molecule has 3 heterocycles. The Morgan fingerprint density at radius 1 is 1.30 bits per heavy atom. The Morgan fingerprint density at radius 3 is 2.85 bits per heavy atom. The van der Waals surface area contributed by atoms with Crippen LogP contribution in [0, 0.1) is 6.92 Å². The highest BCUT2D eigenvalue weighted by molar-refractivity contribution is 5.93. The van der Waals surface area contributed by atoms with Gasteiger partial charge in [0.25, 0.3) is 0 Å². The summed E-state index contributed by atoms with van der Waals surface area (Å²) in [5, 5.41) is 11.4. The summed E-state index contributed by atoms with van der Waals surface area (Å²) in [5.74, 6) is 2.01. The zero-order valence-corrected chi connectivity index (χ0v) is 15.4. The second-order valence-corrected chi connectivity index (χ2v) is 6.78. The van der Waals surface area contributed by atoms with Gasteiger partial charge in [-0.05, 0) is 18.4 Å². The number of likely N-dealkylation sites (tertiary alicyclic amines) is 1. The molecule has 4 rings (SSSR count). The number of carbonyl (C=O) groups is 1. The zero-order chi connectivity index (χ0) is 18.8. The molecule has 1 aliphatic rings. The van der Waals surface area contributed by atoms with Gasteiger partial charge in [0.05, 0.1) is 6.20 Å². The molecule has 0 radical (unpaired) electrons. The Hall–Kier alpha value is -3.16. The molecule has 1 aromatic carbocycles. The summed E-state index contributed by atoms with van der Waals surface area (Å²) in [7, 11) is 1.82. The molecule has 1 atom stereocenters. The summed E-state index contributed by atoms with van der Waals surface area (Å²) in [4.78, 5) is 19.0. The summed E-state index contributed by atoms with van der Waals surface area (Å²) < 4.78 is 6.77. The van der Waals surface area contributed by atoms with Crippen molar-refractivity contribution in [3.63, 3.8) is 0 Å². The van der Waals surface area contributed by atoms with Crippen LogP contribution in [0.4, 0.5) is 10.6 Å². The van der Waals surface area contributed by atoms with Crippen LogP contribution in [0.1, 0.15) is 30.5 Å². The number of nitrogens with zero attached hydrogens (tertiary/aromatic N) is 5. The van der Waals surface area contributed by atoms with Crippen LogP contribution in [0.5, 0.6) is 0 Å². The Labute approximate surface area is 157 Å². The second kappa shape index (κ2) is 7.22. The van der Waals surface area contributed by atoms with Crippen LogP contribution in [0.3, 0.4) is 0 Å². The van der Waals surface area contributed by atoms with E-state index >= 15 is 0 Å². The number of amides is 2. The smallest absolute Gasteiger partial charge is 0.323 e. The topological polar surface area (TPSA) is 89.1 Å². The fraction of sp³-hybridized carbons (Fsp3) is 0.368. The molecule has 0 saturated carbocycles. The average molecular weight is 366 g/mol. The number of rotatable bonds is 3. The van der Waals surface area contributed by atoms with Crippen molar-refractivity contribution in [3.8, 4) is 11.1 Å². The van der Waals surface area contributed by atoms with Crippen molar-refractivity contribution in [2.24, 2.45) is 7.05 Å². The van der Waals surface area contributed by atoms with Gasteiger partial charge in [-0.3, -0.25) is 10.00 Å². The fourth-order valence-corrected chi connectivity index (χ4v) is 3.45. The molecule has 2 aromatic heterocycles. The van der Waals surface area contributed by atoms with Crippen molar-refractivity contribution in [1.82, 2.24) is 24.8 Å². The maximum absolute atomic E-state index is 12.9. The minimum Gasteiger partial charge on any atom is -0.340 e. The van der Waals surface area contributed by atoms with Gasteiger partial charge in [-0.25, -0.2) is 4.79 Å². The lowest BCUT2D eigenvalue weighted by Crippen LogP contribution is -2.42. The quantitative estimate of drug-likeness (QED) is 0.769. The van der Waals surface area contributed by atoms with Gasteiger partial charge < -0.3 is 9.42 Å². The number of hydrogen-bond donors (Lipinski definition) is 1. The Balaban J connectivity index is 1.50. The van der Waals surface area contributed by atoms with E-state index in [2.05, 4.69) is 20.6 Å². The van der Waals surface area contributed by atoms with Gasteiger partial charge >= 0.3 is 6.03 Å². The van der Waals surface area contributed by atoms with Gasteiger partial charge in [0, 0.05) is 38.5 Å². The van der Waals surface area contributed by atoms with Crippen LogP contribution in [-0.4, -0.2) is 43.9 Å². The van der Waals surface area contributed by atoms with Crippen molar-refractivity contribution in [2.45, 2.75) is 25.7 Å². The van der Waals surface area contributed by atoms with Gasteiger partial charge in [0.15, 0.2) is 5.82 Å². The minimum absolute atomic E-state index is 0.0991. The number of nitrogens with one attached hydrogen (secondary N) is 1. The number of carbonyl (C=O) groups excluding carboxylic acids is 1. The normalized spacial score (nSPS) is 17.1. The number of anilines is 1. The summed E-state index contributed by atoms with van der Waals surface area (Å²) in [6, 6.07) is 9.77. The Morgan fingerprint density at radius 2 is 2.11 bits per heavy atom. The molecule has 1 fully saturated rings. The number of piperidine rings is 1. The van der Waals surface area contributed by atoms with Gasteiger partial charge in [-0.1, -0.05) is 35.5 Å². The van der Waals surface area contributed by atoms with Crippen LogP contribution < -0.4 is 5.32 Å². The predicted octanol–water partition coefficient (Wildman–Crippen LogP) is 3.19. The molecule has 8 heteroatoms. The van der Waals surface area contributed by atoms with Crippen LogP contribution in [0.15, 0.2) is 41.1 Å². The lowest BCUT2D eigenvalue weighted by molar-refractivity contribution is 0.190. The molecule has 140 valence electrons. The lowest BCUT2D eigenvalue weighted by Gasteiger charge is -2.31. The van der Waals surface area contributed by atoms with Crippen LogP contribution in [0.2, 0.25) is 0 Å². The van der Waals surface area contributed by atoms with Crippen molar-refractivity contribution >= 4 is 11.8 Å². The van der Waals surface area contributed by atoms with Crippen LogP contribution in [0.25, 0.3) is 11.1 Å². The monoisotopic (exact) mass is 366 g/mol. The van der Waals surface area contributed by atoms with E-state index in [0.717, 1.165) is 24.0 Å². The summed E-state index contributed by atoms with van der Waals surface area (Å²) >= 11 is 0. The first kappa shape index (κ1) is 17.3. The van der Waals surface area contributed by atoms with Crippen molar-refractivity contribution in [2.75, 3.05) is 18.4 Å². The van der Waals surface area contributed by atoms with Gasteiger partial charge in [-0.2, -0.15) is 10.1 Å². The summed E-state index contributed by atoms with van der Waals surface area (Å²) in [6.07, 6.45) is 3.62. The highest BCUT2D eigenvalue weighted by Crippen LogP contribution is 2.29. The molecule has 1 aliphatic heterocycles. The fourth-order valence-electron chi connectivity index (χ4n) is 3.45. The molecule has 1 saturated heterocycles. The van der Waals surface area contributed by atoms with E-state index in [-0.39, 0.29) is 11.9 Å². The first-order chi connectivity index (χ1) is 13.1. The van der Waals surface area contributed by atoms with E-state index in [1.165, 1.54) is 0 Å². The Kier molecular flexibility index (Phi) is 4.62. The average Bonchev–Trinajstić information content (AvgIpc) is 3.29. The number of benzene rings is 1. The molecule has 0 unspecified atom stereocenters. The van der Waals surface area contributed by atoms with Gasteiger partial charge in [-0.15, -0.1) is 0 Å². The molecule has 27 heavy (non-hydrogen) atoms. The molecule has 3 aromatic rings. The van der Waals surface area contributed by atoms with Crippen LogP contribution >= 0.6 is 0 Å². The van der Waals surface area contributed by atoms with E-state index in [1.54, 1.807) is 17.8 Å². The second-order valence-electron chi connectivity index (χ2n) is 6.78. The standard InChI is InChI=1S/C19H22N6O2/c1-13-21-17(23-27-13)15-9-6-10-25(12-15)19(26)22-18-16(11-20-24(18)2)14-7-4-3-5-8-14/h3-5,7-8,11,15H,6,9-10,12H2,1-2H3,(H,22,26)/t15-/m0/s1. The third-order valence-corrected chi connectivity index (χ3v) is 4.87. The predicted molar refractivity (Wildman–Crippen MR) is 100 cm³/mol. The largest absolute Gasteiger partial charge is 0.340 e. The zero-order valence-electron chi connectivity index (χ0n) is 15.4. The minimum atomic E-state index is -0.138. The van der Waals surface area contributed by atoms with E-state index in [9.17, 15) is 4.79 Å². The van der Waals surface area contributed by atoms with E-state index < -0.39 is 0 Å². The molecule has 1 N–H and O–H groups in total. The highest BCUT2D eigenvalue weighted by atomic mass is 16.5. The van der Waals surface area contributed by atoms with E-state index in [4.69, 9.17) is 4.52 Å². The number of aryl methyl sites for hydroxylation is 2. The maximum Gasteiger partial charge on any atom is 0.323 e. The summed E-state index contributed by atoms with van der Waals surface area (Å²) in [6.45, 7) is 3.05. The molecule has 8 nitrogen and oxygen atoms in total. The highest BCUT2D eigenvalue weighted by Gasteiger charge is 2.28. The maximum atomic E-state index is 12.9. The number of aromatic nitrogens is 4. The van der Waals surface area contributed by atoms with E-state index in [1.807, 2.05) is 42.3 Å². The molecule has 0 aliphatic carbocycles. The molecular formula is C19H22N6O2. The molecule has 2 amide bonds. The third-order valence-electron chi connectivity index (χ3n) is 4.87. The number of urea groups is 1. The number of hydrogen-bond acceptors (Lipinski definition) is 5. The van der Waals surface area contributed by atoms with Crippen molar-refractivity contribution in [3.05, 3.63) is 48.2 Å². The molecule has 0 bridgehead atoms. The molecule has 0 spiro atoms. The van der Waals surface area contributed by atoms with Crippen molar-refractivity contribution in [1.29, 1.82) is 0 Å². The first-order valence-electron chi connectivity index (χ1n) is 9.05. The van der Waals surface area contributed by atoms with Crippen LogP contribution in [-0.2, 0) is 7.05 Å². The summed E-state index contributed by atoms with van der Waals surface area (Å²) in [5.41, 5.74) is 1.91. The molecular weight excluding hydrogens is 344 g/mol. The van der Waals surface area contributed by atoms with E-state index in [0.29, 0.717) is 30.6 Å².